The molecule has 36 heavy (non-hydrogen) atoms. The van der Waals surface area contributed by atoms with Gasteiger partial charge >= 0.3 is 0 Å². The molecule has 0 spiro atoms. The molecule has 0 aliphatic rings. The predicted octanol–water partition coefficient (Wildman–Crippen LogP) is 4.13. The van der Waals surface area contributed by atoms with E-state index < -0.39 is 22.0 Å². The molecule has 7 nitrogen and oxygen atoms in total. The minimum Gasteiger partial charge on any atom is -0.354 e. The van der Waals surface area contributed by atoms with Crippen molar-refractivity contribution >= 4 is 27.5 Å². The Labute approximate surface area is 216 Å². The lowest BCUT2D eigenvalue weighted by atomic mass is 9.87. The number of amides is 2. The first-order chi connectivity index (χ1) is 16.9. The number of carbonyl (C=O) groups is 2. The van der Waals surface area contributed by atoms with Crippen LogP contribution in [-0.4, -0.2) is 57.1 Å². The van der Waals surface area contributed by atoms with E-state index in [0.29, 0.717) is 31.6 Å². The van der Waals surface area contributed by atoms with Crippen molar-refractivity contribution in [1.29, 1.82) is 0 Å². The Hall–Kier alpha value is -2.87. The van der Waals surface area contributed by atoms with Gasteiger partial charge in [-0.15, -0.1) is 0 Å². The standard InChI is InChI=1S/C28H41N3O4S/c1-7-19-29-27(33)25(8-2)30(20-18-22-12-10-9-11-13-22)26(32)21-31(36(6,34)35)24-16-14-23(15-17-24)28(3,4)5/h9-17,25H,7-8,18-21H2,1-6H3,(H,29,33)/t25-/m0/s1. The molecule has 0 saturated heterocycles. The number of anilines is 1. The second kappa shape index (κ2) is 12.9. The molecule has 2 aromatic carbocycles. The lowest BCUT2D eigenvalue weighted by molar-refractivity contribution is -0.139. The van der Waals surface area contributed by atoms with Crippen LogP contribution in [0.25, 0.3) is 0 Å². The van der Waals surface area contributed by atoms with Crippen LogP contribution in [0.1, 0.15) is 58.6 Å². The molecule has 8 heteroatoms. The Bertz CT molecular complexity index is 1090. The maximum atomic E-state index is 13.6. The highest BCUT2D eigenvalue weighted by atomic mass is 32.2. The van der Waals surface area contributed by atoms with E-state index in [-0.39, 0.29) is 17.9 Å². The molecule has 0 bridgehead atoms. The summed E-state index contributed by atoms with van der Waals surface area (Å²) in [5.41, 5.74) is 2.44. The molecular formula is C28H41N3O4S. The zero-order chi connectivity index (χ0) is 26.9. The fourth-order valence-corrected chi connectivity index (χ4v) is 4.85. The molecule has 0 aromatic heterocycles. The smallest absolute Gasteiger partial charge is 0.244 e. The Kier molecular flexibility index (Phi) is 10.5. The van der Waals surface area contributed by atoms with E-state index in [0.717, 1.165) is 28.1 Å². The van der Waals surface area contributed by atoms with Crippen LogP contribution >= 0.6 is 0 Å². The van der Waals surface area contributed by atoms with Crippen molar-refractivity contribution in [2.75, 3.05) is 30.2 Å². The first-order valence-electron chi connectivity index (χ1n) is 12.6. The van der Waals surface area contributed by atoms with Crippen LogP contribution < -0.4 is 9.62 Å². The average Bonchev–Trinajstić information content (AvgIpc) is 2.83. The van der Waals surface area contributed by atoms with E-state index in [2.05, 4.69) is 26.1 Å². The Balaban J connectivity index is 2.36. The quantitative estimate of drug-likeness (QED) is 0.461. The minimum atomic E-state index is -3.74. The predicted molar refractivity (Wildman–Crippen MR) is 147 cm³/mol. The number of hydrogen-bond donors (Lipinski definition) is 1. The first kappa shape index (κ1) is 29.4. The first-order valence-corrected chi connectivity index (χ1v) is 14.4. The topological polar surface area (TPSA) is 86.8 Å². The molecule has 0 saturated carbocycles. The minimum absolute atomic E-state index is 0.0846. The van der Waals surface area contributed by atoms with Crippen LogP contribution in [-0.2, 0) is 31.4 Å². The third-order valence-corrected chi connectivity index (χ3v) is 7.26. The largest absolute Gasteiger partial charge is 0.354 e. The van der Waals surface area contributed by atoms with Crippen LogP contribution in [0.15, 0.2) is 54.6 Å². The van der Waals surface area contributed by atoms with Crippen LogP contribution in [0.2, 0.25) is 0 Å². The molecule has 2 aromatic rings. The summed E-state index contributed by atoms with van der Waals surface area (Å²) in [6.45, 7) is 10.5. The molecule has 198 valence electrons. The summed E-state index contributed by atoms with van der Waals surface area (Å²) in [6, 6.07) is 16.3. The molecule has 2 rings (SSSR count). The molecule has 0 heterocycles. The monoisotopic (exact) mass is 515 g/mol. The van der Waals surface area contributed by atoms with Gasteiger partial charge in [0.05, 0.1) is 11.9 Å². The zero-order valence-corrected chi connectivity index (χ0v) is 23.3. The SMILES string of the molecule is CCCNC(=O)[C@H](CC)N(CCc1ccccc1)C(=O)CN(c1ccc(C(C)(C)C)cc1)S(C)(=O)=O. The summed E-state index contributed by atoms with van der Waals surface area (Å²) < 4.78 is 26.6. The maximum absolute atomic E-state index is 13.6. The molecule has 1 atom stereocenters. The summed E-state index contributed by atoms with van der Waals surface area (Å²) in [5, 5.41) is 2.89. The molecule has 2 amide bonds. The molecule has 1 N–H and O–H groups in total. The summed E-state index contributed by atoms with van der Waals surface area (Å²) >= 11 is 0. The van der Waals surface area contributed by atoms with Crippen LogP contribution in [0.4, 0.5) is 5.69 Å². The van der Waals surface area contributed by atoms with Gasteiger partial charge in [-0.05, 0) is 47.9 Å². The highest BCUT2D eigenvalue weighted by molar-refractivity contribution is 7.92. The number of nitrogens with one attached hydrogen (secondary N) is 1. The highest BCUT2D eigenvalue weighted by Gasteiger charge is 2.31. The van der Waals surface area contributed by atoms with Crippen molar-refractivity contribution in [3.05, 3.63) is 65.7 Å². The van der Waals surface area contributed by atoms with Crippen molar-refractivity contribution < 1.29 is 18.0 Å². The fourth-order valence-electron chi connectivity index (χ4n) is 4.00. The van der Waals surface area contributed by atoms with Gasteiger partial charge in [0.25, 0.3) is 0 Å². The van der Waals surface area contributed by atoms with E-state index >= 15 is 0 Å². The third-order valence-electron chi connectivity index (χ3n) is 6.12. The van der Waals surface area contributed by atoms with Gasteiger partial charge < -0.3 is 10.2 Å². The lowest BCUT2D eigenvalue weighted by Crippen LogP contribution is -2.53. The summed E-state index contributed by atoms with van der Waals surface area (Å²) in [4.78, 5) is 28.1. The van der Waals surface area contributed by atoms with Crippen molar-refractivity contribution in [2.24, 2.45) is 0 Å². The average molecular weight is 516 g/mol. The van der Waals surface area contributed by atoms with Crippen molar-refractivity contribution in [3.8, 4) is 0 Å². The Morgan fingerprint density at radius 1 is 0.972 bits per heavy atom. The molecule has 0 unspecified atom stereocenters. The van der Waals surface area contributed by atoms with Crippen molar-refractivity contribution in [2.45, 2.75) is 65.3 Å². The molecule has 0 fully saturated rings. The third kappa shape index (κ3) is 8.36. The molecule has 0 radical (unpaired) electrons. The second-order valence-electron chi connectivity index (χ2n) is 10.1. The van der Waals surface area contributed by atoms with Gasteiger partial charge in [-0.25, -0.2) is 8.42 Å². The summed E-state index contributed by atoms with van der Waals surface area (Å²) in [7, 11) is -3.74. The summed E-state index contributed by atoms with van der Waals surface area (Å²) in [5.74, 6) is -0.629. The van der Waals surface area contributed by atoms with E-state index in [1.165, 1.54) is 4.90 Å². The number of hydrogen-bond acceptors (Lipinski definition) is 4. The van der Waals surface area contributed by atoms with E-state index in [4.69, 9.17) is 0 Å². The van der Waals surface area contributed by atoms with Gasteiger partial charge in [0.2, 0.25) is 21.8 Å². The molecular weight excluding hydrogens is 474 g/mol. The highest BCUT2D eigenvalue weighted by Crippen LogP contribution is 2.26. The number of benzene rings is 2. The van der Waals surface area contributed by atoms with Crippen LogP contribution in [0.3, 0.4) is 0 Å². The zero-order valence-electron chi connectivity index (χ0n) is 22.5. The van der Waals surface area contributed by atoms with E-state index in [1.807, 2.05) is 56.3 Å². The number of carbonyl (C=O) groups excluding carboxylic acids is 2. The van der Waals surface area contributed by atoms with Crippen molar-refractivity contribution in [1.82, 2.24) is 10.2 Å². The summed E-state index contributed by atoms with van der Waals surface area (Å²) in [6.07, 6.45) is 2.86. The van der Waals surface area contributed by atoms with Crippen LogP contribution in [0.5, 0.6) is 0 Å². The second-order valence-corrected chi connectivity index (χ2v) is 12.0. The van der Waals surface area contributed by atoms with Gasteiger partial charge in [0.15, 0.2) is 0 Å². The fraction of sp³-hybridized carbons (Fsp3) is 0.500. The number of nitrogens with zero attached hydrogens (tertiary/aromatic N) is 2. The van der Waals surface area contributed by atoms with E-state index in [1.54, 1.807) is 12.1 Å². The van der Waals surface area contributed by atoms with Gasteiger partial charge in [0.1, 0.15) is 12.6 Å². The number of sulfonamides is 1. The van der Waals surface area contributed by atoms with Gasteiger partial charge in [-0.1, -0.05) is 77.1 Å². The van der Waals surface area contributed by atoms with Gasteiger partial charge in [0, 0.05) is 13.1 Å². The lowest BCUT2D eigenvalue weighted by Gasteiger charge is -2.33. The number of rotatable bonds is 12. The van der Waals surface area contributed by atoms with Gasteiger partial charge in [-0.3, -0.25) is 13.9 Å². The Morgan fingerprint density at radius 3 is 2.08 bits per heavy atom. The Morgan fingerprint density at radius 2 is 1.58 bits per heavy atom. The van der Waals surface area contributed by atoms with Crippen LogP contribution in [0, 0.1) is 0 Å². The maximum Gasteiger partial charge on any atom is 0.244 e. The normalized spacial score (nSPS) is 12.6. The van der Waals surface area contributed by atoms with Gasteiger partial charge in [-0.2, -0.15) is 0 Å². The molecule has 0 aliphatic heterocycles. The van der Waals surface area contributed by atoms with Crippen molar-refractivity contribution in [3.63, 3.8) is 0 Å². The molecule has 0 aliphatic carbocycles. The van der Waals surface area contributed by atoms with E-state index in [9.17, 15) is 18.0 Å².